The molecule has 0 bridgehead atoms. The monoisotopic (exact) mass is 270 g/mol. The molecule has 20 heavy (non-hydrogen) atoms. The van der Waals surface area contributed by atoms with Gasteiger partial charge in [-0.05, 0) is 50.1 Å². The maximum absolute atomic E-state index is 5.52. The number of rotatable bonds is 6. The smallest absolute Gasteiger partial charge is 0.137 e. The zero-order valence-corrected chi connectivity index (χ0v) is 12.4. The van der Waals surface area contributed by atoms with Crippen LogP contribution in [-0.4, -0.2) is 18.6 Å². The van der Waals surface area contributed by atoms with Gasteiger partial charge < -0.3 is 10.1 Å². The lowest BCUT2D eigenvalue weighted by atomic mass is 9.97. The first-order valence-electron chi connectivity index (χ1n) is 7.04. The summed E-state index contributed by atoms with van der Waals surface area (Å²) in [7, 11) is 1.98. The molecular formula is C17H22N2O. The molecule has 1 aromatic heterocycles. The fourth-order valence-corrected chi connectivity index (χ4v) is 2.32. The molecule has 0 saturated carbocycles. The molecule has 1 heterocycles. The van der Waals surface area contributed by atoms with Gasteiger partial charge in [0.25, 0.3) is 0 Å². The predicted molar refractivity (Wildman–Crippen MR) is 82.1 cm³/mol. The van der Waals surface area contributed by atoms with Gasteiger partial charge in [-0.1, -0.05) is 24.3 Å². The normalized spacial score (nSPS) is 12.2. The van der Waals surface area contributed by atoms with Crippen LogP contribution in [0.25, 0.3) is 0 Å². The van der Waals surface area contributed by atoms with E-state index in [2.05, 4.69) is 47.6 Å². The van der Waals surface area contributed by atoms with Crippen molar-refractivity contribution in [1.29, 1.82) is 0 Å². The predicted octanol–water partition coefficient (Wildman–Crippen LogP) is 3.29. The molecule has 1 unspecified atom stereocenters. The molecule has 106 valence electrons. The van der Waals surface area contributed by atoms with Crippen LogP contribution in [0.3, 0.4) is 0 Å². The molecule has 3 nitrogen and oxygen atoms in total. The Morgan fingerprint density at radius 3 is 2.75 bits per heavy atom. The topological polar surface area (TPSA) is 34.1 Å². The van der Waals surface area contributed by atoms with Crippen molar-refractivity contribution >= 4 is 0 Å². The highest BCUT2D eigenvalue weighted by Crippen LogP contribution is 2.22. The zero-order valence-electron chi connectivity index (χ0n) is 12.4. The first-order chi connectivity index (χ1) is 9.74. The van der Waals surface area contributed by atoms with Gasteiger partial charge >= 0.3 is 0 Å². The second-order valence-electron chi connectivity index (χ2n) is 4.86. The molecule has 2 aromatic rings. The third-order valence-corrected chi connectivity index (χ3v) is 3.48. The Balaban J connectivity index is 2.20. The summed E-state index contributed by atoms with van der Waals surface area (Å²) >= 11 is 0. The Morgan fingerprint density at radius 1 is 1.25 bits per heavy atom. The second-order valence-corrected chi connectivity index (χ2v) is 4.86. The van der Waals surface area contributed by atoms with E-state index >= 15 is 0 Å². The first kappa shape index (κ1) is 14.5. The van der Waals surface area contributed by atoms with Crippen LogP contribution in [0.4, 0.5) is 0 Å². The third kappa shape index (κ3) is 3.58. The van der Waals surface area contributed by atoms with Gasteiger partial charge in [-0.25, -0.2) is 0 Å². The maximum atomic E-state index is 5.52. The number of benzene rings is 1. The number of aromatic nitrogens is 1. The molecular weight excluding hydrogens is 248 g/mol. The maximum Gasteiger partial charge on any atom is 0.137 e. The molecule has 0 amide bonds. The van der Waals surface area contributed by atoms with E-state index in [1.165, 1.54) is 11.1 Å². The summed E-state index contributed by atoms with van der Waals surface area (Å²) in [5.41, 5.74) is 3.83. The van der Waals surface area contributed by atoms with Crippen molar-refractivity contribution in [2.24, 2.45) is 0 Å². The highest BCUT2D eigenvalue weighted by molar-refractivity contribution is 5.31. The van der Waals surface area contributed by atoms with E-state index in [1.807, 2.05) is 20.2 Å². The van der Waals surface area contributed by atoms with Gasteiger partial charge in [-0.15, -0.1) is 0 Å². The zero-order chi connectivity index (χ0) is 14.4. The van der Waals surface area contributed by atoms with Gasteiger partial charge in [0.15, 0.2) is 0 Å². The van der Waals surface area contributed by atoms with Crippen molar-refractivity contribution in [2.45, 2.75) is 26.3 Å². The minimum Gasteiger partial charge on any atom is -0.492 e. The number of hydrogen-bond acceptors (Lipinski definition) is 3. The Morgan fingerprint density at radius 2 is 2.05 bits per heavy atom. The fourth-order valence-electron chi connectivity index (χ4n) is 2.32. The van der Waals surface area contributed by atoms with Crippen LogP contribution in [0.5, 0.6) is 5.75 Å². The highest BCUT2D eigenvalue weighted by atomic mass is 16.5. The van der Waals surface area contributed by atoms with Crippen molar-refractivity contribution in [3.8, 4) is 5.75 Å². The van der Waals surface area contributed by atoms with Crippen LogP contribution < -0.4 is 10.1 Å². The van der Waals surface area contributed by atoms with E-state index in [0.29, 0.717) is 6.61 Å². The summed E-state index contributed by atoms with van der Waals surface area (Å²) in [6, 6.07) is 10.8. The molecule has 0 aliphatic rings. The standard InChI is InChI=1S/C17H22N2O/c1-4-20-16-9-15(11-19-12-16)17(18-3)10-14-8-6-5-7-13(14)2/h5-9,11-12,17-18H,4,10H2,1-3H3. The molecule has 2 rings (SSSR count). The number of pyridine rings is 1. The molecule has 3 heteroatoms. The molecule has 0 spiro atoms. The van der Waals surface area contributed by atoms with E-state index < -0.39 is 0 Å². The number of aryl methyl sites for hydroxylation is 1. The largest absolute Gasteiger partial charge is 0.492 e. The van der Waals surface area contributed by atoms with Crippen LogP contribution in [0.1, 0.15) is 29.7 Å². The third-order valence-electron chi connectivity index (χ3n) is 3.48. The quantitative estimate of drug-likeness (QED) is 0.874. The van der Waals surface area contributed by atoms with E-state index in [-0.39, 0.29) is 6.04 Å². The lowest BCUT2D eigenvalue weighted by Crippen LogP contribution is -2.19. The van der Waals surface area contributed by atoms with E-state index in [0.717, 1.165) is 17.7 Å². The molecule has 0 aliphatic heterocycles. The summed E-state index contributed by atoms with van der Waals surface area (Å²) in [5.74, 6) is 0.829. The molecule has 1 aromatic carbocycles. The summed E-state index contributed by atoms with van der Waals surface area (Å²) in [5, 5.41) is 3.37. The molecule has 0 saturated heterocycles. The van der Waals surface area contributed by atoms with Crippen molar-refractivity contribution < 1.29 is 4.74 Å². The molecule has 0 radical (unpaired) electrons. The van der Waals surface area contributed by atoms with Crippen molar-refractivity contribution in [1.82, 2.24) is 10.3 Å². The molecule has 0 fully saturated rings. The highest BCUT2D eigenvalue weighted by Gasteiger charge is 2.12. The van der Waals surface area contributed by atoms with Crippen LogP contribution in [-0.2, 0) is 6.42 Å². The number of nitrogens with zero attached hydrogens (tertiary/aromatic N) is 1. The van der Waals surface area contributed by atoms with E-state index in [9.17, 15) is 0 Å². The second kappa shape index (κ2) is 7.06. The van der Waals surface area contributed by atoms with Crippen LogP contribution >= 0.6 is 0 Å². The Kier molecular flexibility index (Phi) is 5.13. The molecule has 1 atom stereocenters. The minimum absolute atomic E-state index is 0.240. The lowest BCUT2D eigenvalue weighted by Gasteiger charge is -2.18. The number of ether oxygens (including phenoxy) is 1. The molecule has 1 N–H and O–H groups in total. The van der Waals surface area contributed by atoms with Gasteiger partial charge in [-0.3, -0.25) is 4.98 Å². The average molecular weight is 270 g/mol. The summed E-state index contributed by atoms with van der Waals surface area (Å²) < 4.78 is 5.52. The van der Waals surface area contributed by atoms with Gasteiger partial charge in [0, 0.05) is 12.2 Å². The van der Waals surface area contributed by atoms with Crippen LogP contribution in [0, 0.1) is 6.92 Å². The van der Waals surface area contributed by atoms with Gasteiger partial charge in [0.1, 0.15) is 5.75 Å². The summed E-state index contributed by atoms with van der Waals surface area (Å²) in [6.07, 6.45) is 4.61. The van der Waals surface area contributed by atoms with Gasteiger partial charge in [0.05, 0.1) is 12.8 Å². The lowest BCUT2D eigenvalue weighted by molar-refractivity contribution is 0.338. The Bertz CT molecular complexity index is 554. The van der Waals surface area contributed by atoms with Gasteiger partial charge in [0.2, 0.25) is 0 Å². The van der Waals surface area contributed by atoms with E-state index in [4.69, 9.17) is 4.74 Å². The van der Waals surface area contributed by atoms with Crippen LogP contribution in [0.15, 0.2) is 42.7 Å². The number of hydrogen-bond donors (Lipinski definition) is 1. The summed E-state index contributed by atoms with van der Waals surface area (Å²) in [4.78, 5) is 4.27. The van der Waals surface area contributed by atoms with Crippen molar-refractivity contribution in [3.05, 3.63) is 59.4 Å². The van der Waals surface area contributed by atoms with E-state index in [1.54, 1.807) is 6.20 Å². The first-order valence-corrected chi connectivity index (χ1v) is 7.04. The molecule has 0 aliphatic carbocycles. The summed E-state index contributed by atoms with van der Waals surface area (Å²) in [6.45, 7) is 4.79. The number of likely N-dealkylation sites (N-methyl/N-ethyl adjacent to an activating group) is 1. The average Bonchev–Trinajstić information content (AvgIpc) is 2.47. The van der Waals surface area contributed by atoms with Crippen LogP contribution in [0.2, 0.25) is 0 Å². The van der Waals surface area contributed by atoms with Gasteiger partial charge in [-0.2, -0.15) is 0 Å². The Labute approximate surface area is 121 Å². The minimum atomic E-state index is 0.240. The Hall–Kier alpha value is -1.87. The SMILES string of the molecule is CCOc1cncc(C(Cc2ccccc2C)NC)c1. The van der Waals surface area contributed by atoms with Crippen molar-refractivity contribution in [3.63, 3.8) is 0 Å². The number of nitrogens with one attached hydrogen (secondary N) is 1. The van der Waals surface area contributed by atoms with Crippen molar-refractivity contribution in [2.75, 3.05) is 13.7 Å². The fraction of sp³-hybridized carbons (Fsp3) is 0.353.